The van der Waals surface area contributed by atoms with Gasteiger partial charge in [0, 0.05) is 18.2 Å². The first-order valence-electron chi connectivity index (χ1n) is 9.39. The fourth-order valence-corrected chi connectivity index (χ4v) is 3.50. The van der Waals surface area contributed by atoms with Crippen LogP contribution in [0.4, 0.5) is 19.3 Å². The first-order chi connectivity index (χ1) is 14.9. The molecule has 2 aromatic carbocycles. The molecule has 0 bridgehead atoms. The lowest BCUT2D eigenvalue weighted by molar-refractivity contribution is -0.394. The maximum absolute atomic E-state index is 14.9. The number of halogens is 2. The molecule has 0 saturated heterocycles. The van der Waals surface area contributed by atoms with Crippen molar-refractivity contribution in [1.29, 1.82) is 0 Å². The van der Waals surface area contributed by atoms with Crippen molar-refractivity contribution in [3.05, 3.63) is 89.0 Å². The fourth-order valence-electron chi connectivity index (χ4n) is 3.50. The first kappa shape index (κ1) is 20.4. The zero-order valence-electron chi connectivity index (χ0n) is 16.7. The van der Waals surface area contributed by atoms with Gasteiger partial charge in [0.1, 0.15) is 11.7 Å². The number of carbonyl (C=O) groups is 2. The number of methoxy groups -OCH3 is 1. The van der Waals surface area contributed by atoms with Gasteiger partial charge in [-0.25, -0.2) is 13.6 Å². The number of hydrogen-bond donors (Lipinski definition) is 0. The summed E-state index contributed by atoms with van der Waals surface area (Å²) >= 11 is 0. The second-order valence-corrected chi connectivity index (χ2v) is 6.89. The number of hydrogen-bond acceptors (Lipinski definition) is 3. The lowest BCUT2D eigenvalue weighted by Crippen LogP contribution is -2.54. The van der Waals surface area contributed by atoms with Gasteiger partial charge in [0.25, 0.3) is 0 Å². The molecule has 154 valence electrons. The third-order valence-electron chi connectivity index (χ3n) is 4.99. The van der Waals surface area contributed by atoms with E-state index in [1.807, 2.05) is 6.07 Å². The number of rotatable bonds is 2. The Morgan fingerprint density at radius 1 is 1.03 bits per heavy atom. The van der Waals surface area contributed by atoms with E-state index >= 15 is 0 Å². The topological polar surface area (TPSA) is 49.6 Å². The van der Waals surface area contributed by atoms with Crippen molar-refractivity contribution in [3.8, 4) is 11.8 Å². The summed E-state index contributed by atoms with van der Waals surface area (Å²) in [5, 5.41) is 0. The third kappa shape index (κ3) is 3.58. The predicted octanol–water partition coefficient (Wildman–Crippen LogP) is 3.43. The van der Waals surface area contributed by atoms with E-state index in [4.69, 9.17) is 4.74 Å². The number of fused-ring (bicyclic) bond motifs is 1. The van der Waals surface area contributed by atoms with Gasteiger partial charge in [0.05, 0.1) is 7.05 Å². The van der Waals surface area contributed by atoms with Gasteiger partial charge in [0.2, 0.25) is 5.69 Å². The average Bonchev–Trinajstić information content (AvgIpc) is 2.78. The molecule has 1 heterocycles. The summed E-state index contributed by atoms with van der Waals surface area (Å²) < 4.78 is 36.3. The highest BCUT2D eigenvalue weighted by molar-refractivity contribution is 6.35. The lowest BCUT2D eigenvalue weighted by Gasteiger charge is -2.26. The number of benzene rings is 2. The number of allylic oxidation sites excluding steroid dienone is 2. The van der Waals surface area contributed by atoms with Crippen LogP contribution in [0.2, 0.25) is 0 Å². The smallest absolute Gasteiger partial charge is 0.369 e. The molecule has 1 aliphatic carbocycles. The zero-order valence-corrected chi connectivity index (χ0v) is 16.7. The Labute approximate surface area is 177 Å². The summed E-state index contributed by atoms with van der Waals surface area (Å²) in [7, 11) is 2.86. The molecule has 7 heteroatoms. The monoisotopic (exact) mass is 419 g/mol. The first-order valence-corrected chi connectivity index (χ1v) is 9.39. The second-order valence-electron chi connectivity index (χ2n) is 6.89. The Hall–Kier alpha value is -3.89. The average molecular weight is 419 g/mol. The summed E-state index contributed by atoms with van der Waals surface area (Å²) in [6, 6.07) is 10.1. The van der Waals surface area contributed by atoms with Gasteiger partial charge in [-0.15, -0.1) is 4.90 Å². The van der Waals surface area contributed by atoms with Crippen LogP contribution in [0.25, 0.3) is 0 Å². The van der Waals surface area contributed by atoms with E-state index in [0.717, 1.165) is 16.7 Å². The van der Waals surface area contributed by atoms with Gasteiger partial charge in [-0.1, -0.05) is 36.1 Å². The summed E-state index contributed by atoms with van der Waals surface area (Å²) in [5.41, 5.74) is 0.476. The van der Waals surface area contributed by atoms with Crippen molar-refractivity contribution < 1.29 is 27.7 Å². The Morgan fingerprint density at radius 2 is 1.68 bits per heavy atom. The Bertz CT molecular complexity index is 1230. The van der Waals surface area contributed by atoms with Crippen LogP contribution in [0.3, 0.4) is 0 Å². The quantitative estimate of drug-likeness (QED) is 0.554. The normalized spacial score (nSPS) is 17.9. The maximum atomic E-state index is 14.9. The largest absolute Gasteiger partial charge is 0.506 e. The Kier molecular flexibility index (Phi) is 5.32. The van der Waals surface area contributed by atoms with Crippen LogP contribution in [0.15, 0.2) is 66.3 Å². The van der Waals surface area contributed by atoms with Gasteiger partial charge in [-0.2, -0.15) is 9.37 Å². The summed E-state index contributed by atoms with van der Waals surface area (Å²) in [6.45, 7) is 0. The van der Waals surface area contributed by atoms with E-state index in [1.54, 1.807) is 36.4 Å². The van der Waals surface area contributed by atoms with Gasteiger partial charge < -0.3 is 4.74 Å². The molecule has 0 N–H and O–H groups in total. The summed E-state index contributed by atoms with van der Waals surface area (Å²) in [4.78, 5) is 26.4. The van der Waals surface area contributed by atoms with Crippen LogP contribution in [0.1, 0.15) is 11.1 Å². The number of ether oxygens (including phenoxy) is 1. The van der Waals surface area contributed by atoms with Crippen molar-refractivity contribution in [2.75, 3.05) is 19.1 Å². The minimum Gasteiger partial charge on any atom is -0.369 e. The summed E-state index contributed by atoms with van der Waals surface area (Å²) in [5.74, 6) is 2.55. The highest BCUT2D eigenvalue weighted by atomic mass is 19.1. The van der Waals surface area contributed by atoms with Gasteiger partial charge in [-0.3, -0.25) is 0 Å². The molecule has 0 aromatic heterocycles. The molecule has 1 aliphatic heterocycles. The molecule has 0 fully saturated rings. The van der Waals surface area contributed by atoms with Gasteiger partial charge >= 0.3 is 11.9 Å². The number of urea groups is 1. The lowest BCUT2D eigenvalue weighted by atomic mass is 9.96. The number of amides is 3. The van der Waals surface area contributed by atoms with Gasteiger partial charge in [-0.05, 0) is 36.4 Å². The van der Waals surface area contributed by atoms with E-state index < -0.39 is 35.4 Å². The van der Waals surface area contributed by atoms with Crippen molar-refractivity contribution in [3.63, 3.8) is 0 Å². The molecular weight excluding hydrogens is 402 g/mol. The highest BCUT2D eigenvalue weighted by Gasteiger charge is 2.49. The van der Waals surface area contributed by atoms with E-state index in [1.165, 1.54) is 20.2 Å². The SMILES string of the molecule is COC1C=CC=C2C(=O)N(c3c(F)cc(C#Cc4ccccc4)cc3F)C(=O)[N+](C)=C21. The molecule has 2 aromatic rings. The van der Waals surface area contributed by atoms with Crippen molar-refractivity contribution in [2.24, 2.45) is 0 Å². The molecule has 0 radical (unpaired) electrons. The van der Waals surface area contributed by atoms with E-state index in [9.17, 15) is 18.4 Å². The van der Waals surface area contributed by atoms with Crippen LogP contribution in [0, 0.1) is 23.5 Å². The summed E-state index contributed by atoms with van der Waals surface area (Å²) in [6.07, 6.45) is 4.14. The Morgan fingerprint density at radius 3 is 2.32 bits per heavy atom. The molecule has 31 heavy (non-hydrogen) atoms. The van der Waals surface area contributed by atoms with Crippen LogP contribution in [-0.4, -0.2) is 42.5 Å². The molecule has 5 nitrogen and oxygen atoms in total. The minimum atomic E-state index is -1.06. The van der Waals surface area contributed by atoms with Crippen molar-refractivity contribution in [1.82, 2.24) is 0 Å². The zero-order chi connectivity index (χ0) is 22.1. The maximum Gasteiger partial charge on any atom is 0.506 e. The Balaban J connectivity index is 1.76. The number of nitrogens with zero attached hydrogens (tertiary/aromatic N) is 2. The van der Waals surface area contributed by atoms with Crippen LogP contribution < -0.4 is 4.90 Å². The fraction of sp³-hybridized carbons (Fsp3) is 0.125. The molecule has 1 unspecified atom stereocenters. The molecular formula is C24H17F2N2O3+. The second kappa shape index (κ2) is 8.09. The predicted molar refractivity (Wildman–Crippen MR) is 111 cm³/mol. The third-order valence-corrected chi connectivity index (χ3v) is 4.99. The van der Waals surface area contributed by atoms with Crippen molar-refractivity contribution >= 4 is 23.3 Å². The highest BCUT2D eigenvalue weighted by Crippen LogP contribution is 2.30. The molecule has 2 aliphatic rings. The van der Waals surface area contributed by atoms with E-state index in [-0.39, 0.29) is 11.1 Å². The van der Waals surface area contributed by atoms with Crippen LogP contribution >= 0.6 is 0 Å². The van der Waals surface area contributed by atoms with Gasteiger partial charge in [0.15, 0.2) is 17.3 Å². The number of imide groups is 1. The van der Waals surface area contributed by atoms with Crippen molar-refractivity contribution in [2.45, 2.75) is 6.10 Å². The van der Waals surface area contributed by atoms with Crippen LogP contribution in [-0.2, 0) is 9.53 Å². The standard InChI is InChI=1S/C24H17F2N2O3/c1-27-21-17(9-6-10-20(21)31-2)23(29)28(24(27)30)22-18(25)13-16(14-19(22)26)12-11-15-7-4-3-5-8-15/h3-10,13-14,20H,1-2H3/q+1. The van der Waals surface area contributed by atoms with E-state index in [0.29, 0.717) is 16.2 Å². The molecule has 0 spiro atoms. The van der Waals surface area contributed by atoms with E-state index in [2.05, 4.69) is 11.8 Å². The number of anilines is 1. The van der Waals surface area contributed by atoms with Crippen LogP contribution in [0.5, 0.6) is 0 Å². The molecule has 3 amide bonds. The number of carbonyl (C=O) groups excluding carboxylic acids is 2. The molecule has 4 rings (SSSR count). The molecule has 0 saturated carbocycles. The minimum absolute atomic E-state index is 0.0828. The molecule has 1 atom stereocenters.